The van der Waals surface area contributed by atoms with Gasteiger partial charge in [0.25, 0.3) is 0 Å². The van der Waals surface area contributed by atoms with Crippen LogP contribution in [0, 0.1) is 6.92 Å². The van der Waals surface area contributed by atoms with Gasteiger partial charge in [0.1, 0.15) is 12.4 Å². The number of hydrogen-bond donors (Lipinski definition) is 0. The van der Waals surface area contributed by atoms with E-state index in [9.17, 15) is 0 Å². The van der Waals surface area contributed by atoms with Gasteiger partial charge in [0.15, 0.2) is 0 Å². The highest BCUT2D eigenvalue weighted by atomic mass is 16.5. The molecule has 0 amide bonds. The third kappa shape index (κ3) is 2.73. The molecule has 0 saturated carbocycles. The maximum absolute atomic E-state index is 5.82. The van der Waals surface area contributed by atoms with E-state index in [0.717, 1.165) is 31.9 Å². The standard InChI is InChI=1S/C17H19NO/c1-14-5-4-7-16(13-14)19-12-11-18-10-9-15-6-2-3-8-17(15)18/h2-8,13H,9-12H2,1H3. The normalized spacial score (nSPS) is 13.4. The molecule has 98 valence electrons. The number of nitrogens with zero attached hydrogens (tertiary/aromatic N) is 1. The first kappa shape index (κ1) is 12.1. The van der Waals surface area contributed by atoms with E-state index in [-0.39, 0.29) is 0 Å². The Hall–Kier alpha value is -1.96. The Labute approximate surface area is 114 Å². The van der Waals surface area contributed by atoms with Crippen molar-refractivity contribution in [2.75, 3.05) is 24.6 Å². The van der Waals surface area contributed by atoms with Crippen molar-refractivity contribution in [1.82, 2.24) is 0 Å². The molecule has 0 atom stereocenters. The largest absolute Gasteiger partial charge is 0.492 e. The topological polar surface area (TPSA) is 12.5 Å². The van der Waals surface area contributed by atoms with Gasteiger partial charge in [-0.1, -0.05) is 30.3 Å². The second-order valence-electron chi connectivity index (χ2n) is 5.03. The van der Waals surface area contributed by atoms with E-state index < -0.39 is 0 Å². The highest BCUT2D eigenvalue weighted by Crippen LogP contribution is 2.26. The lowest BCUT2D eigenvalue weighted by Crippen LogP contribution is -2.26. The molecule has 0 saturated heterocycles. The van der Waals surface area contributed by atoms with Gasteiger partial charge in [-0.2, -0.15) is 0 Å². The Kier molecular flexibility index (Phi) is 3.41. The van der Waals surface area contributed by atoms with E-state index in [1.807, 2.05) is 12.1 Å². The van der Waals surface area contributed by atoms with Gasteiger partial charge in [0, 0.05) is 12.2 Å². The molecule has 0 aromatic heterocycles. The molecule has 3 rings (SSSR count). The lowest BCUT2D eigenvalue weighted by molar-refractivity contribution is 0.324. The van der Waals surface area contributed by atoms with Crippen LogP contribution in [0.15, 0.2) is 48.5 Å². The van der Waals surface area contributed by atoms with Crippen molar-refractivity contribution in [3.05, 3.63) is 59.7 Å². The van der Waals surface area contributed by atoms with Crippen molar-refractivity contribution in [1.29, 1.82) is 0 Å². The second-order valence-corrected chi connectivity index (χ2v) is 5.03. The molecule has 2 heteroatoms. The van der Waals surface area contributed by atoms with Crippen molar-refractivity contribution in [2.24, 2.45) is 0 Å². The fourth-order valence-electron chi connectivity index (χ4n) is 2.62. The smallest absolute Gasteiger partial charge is 0.119 e. The molecule has 19 heavy (non-hydrogen) atoms. The van der Waals surface area contributed by atoms with Gasteiger partial charge in [-0.05, 0) is 42.7 Å². The molecule has 2 aromatic carbocycles. The zero-order valence-electron chi connectivity index (χ0n) is 11.3. The van der Waals surface area contributed by atoms with E-state index >= 15 is 0 Å². The van der Waals surface area contributed by atoms with Gasteiger partial charge in [-0.15, -0.1) is 0 Å². The fourth-order valence-corrected chi connectivity index (χ4v) is 2.62. The van der Waals surface area contributed by atoms with Gasteiger partial charge in [0.05, 0.1) is 6.54 Å². The molecular weight excluding hydrogens is 234 g/mol. The summed E-state index contributed by atoms with van der Waals surface area (Å²) in [4.78, 5) is 2.41. The molecule has 1 heterocycles. The van der Waals surface area contributed by atoms with Crippen molar-refractivity contribution in [3.63, 3.8) is 0 Å². The average molecular weight is 253 g/mol. The Bertz CT molecular complexity index is 565. The van der Waals surface area contributed by atoms with Crippen LogP contribution in [0.3, 0.4) is 0 Å². The van der Waals surface area contributed by atoms with Crippen LogP contribution < -0.4 is 9.64 Å². The predicted octanol–water partition coefficient (Wildman–Crippen LogP) is 3.44. The van der Waals surface area contributed by atoms with Crippen molar-refractivity contribution in [2.45, 2.75) is 13.3 Å². The third-order valence-corrected chi connectivity index (χ3v) is 3.60. The number of anilines is 1. The van der Waals surface area contributed by atoms with Crippen LogP contribution >= 0.6 is 0 Å². The predicted molar refractivity (Wildman–Crippen MR) is 79.0 cm³/mol. The fraction of sp³-hybridized carbons (Fsp3) is 0.294. The molecule has 0 aliphatic carbocycles. The maximum atomic E-state index is 5.82. The van der Waals surface area contributed by atoms with Gasteiger partial charge in [-0.25, -0.2) is 0 Å². The van der Waals surface area contributed by atoms with Crippen LogP contribution in [-0.2, 0) is 6.42 Å². The zero-order valence-corrected chi connectivity index (χ0v) is 11.3. The summed E-state index contributed by atoms with van der Waals surface area (Å²) in [6, 6.07) is 16.9. The summed E-state index contributed by atoms with van der Waals surface area (Å²) >= 11 is 0. The minimum atomic E-state index is 0.734. The van der Waals surface area contributed by atoms with Crippen molar-refractivity contribution in [3.8, 4) is 5.75 Å². The first-order chi connectivity index (χ1) is 9.33. The van der Waals surface area contributed by atoms with Gasteiger partial charge >= 0.3 is 0 Å². The lowest BCUT2D eigenvalue weighted by Gasteiger charge is -2.19. The Morgan fingerprint density at radius 3 is 2.89 bits per heavy atom. The highest BCUT2D eigenvalue weighted by Gasteiger charge is 2.17. The van der Waals surface area contributed by atoms with Crippen LogP contribution in [0.1, 0.15) is 11.1 Å². The molecule has 0 radical (unpaired) electrons. The first-order valence-electron chi connectivity index (χ1n) is 6.85. The number of ether oxygens (including phenoxy) is 1. The van der Waals surface area contributed by atoms with E-state index in [1.54, 1.807) is 0 Å². The van der Waals surface area contributed by atoms with Crippen LogP contribution in [0.4, 0.5) is 5.69 Å². The highest BCUT2D eigenvalue weighted by molar-refractivity contribution is 5.57. The second kappa shape index (κ2) is 5.35. The van der Waals surface area contributed by atoms with Crippen molar-refractivity contribution >= 4 is 5.69 Å². The Morgan fingerprint density at radius 1 is 1.11 bits per heavy atom. The van der Waals surface area contributed by atoms with E-state index in [4.69, 9.17) is 4.74 Å². The van der Waals surface area contributed by atoms with Gasteiger partial charge < -0.3 is 9.64 Å². The Balaban J connectivity index is 1.57. The third-order valence-electron chi connectivity index (χ3n) is 3.60. The lowest BCUT2D eigenvalue weighted by atomic mass is 10.2. The van der Waals surface area contributed by atoms with Crippen molar-refractivity contribution < 1.29 is 4.74 Å². The first-order valence-corrected chi connectivity index (χ1v) is 6.85. The quantitative estimate of drug-likeness (QED) is 0.827. The number of para-hydroxylation sites is 1. The summed E-state index contributed by atoms with van der Waals surface area (Å²) in [5.41, 5.74) is 4.07. The number of hydrogen-bond acceptors (Lipinski definition) is 2. The summed E-state index contributed by atoms with van der Waals surface area (Å²) in [6.07, 6.45) is 1.15. The van der Waals surface area contributed by atoms with E-state index in [1.165, 1.54) is 16.8 Å². The molecule has 0 unspecified atom stereocenters. The summed E-state index contributed by atoms with van der Waals surface area (Å²) in [5.74, 6) is 0.965. The van der Waals surface area contributed by atoms with E-state index in [2.05, 4.69) is 48.2 Å². The number of fused-ring (bicyclic) bond motifs is 1. The van der Waals surface area contributed by atoms with Crippen LogP contribution in [-0.4, -0.2) is 19.7 Å². The van der Waals surface area contributed by atoms with Gasteiger partial charge in [0.2, 0.25) is 0 Å². The molecule has 2 nitrogen and oxygen atoms in total. The molecular formula is C17H19NO. The van der Waals surface area contributed by atoms with Crippen LogP contribution in [0.5, 0.6) is 5.75 Å². The van der Waals surface area contributed by atoms with E-state index in [0.29, 0.717) is 0 Å². The molecule has 0 N–H and O–H groups in total. The molecule has 0 fully saturated rings. The summed E-state index contributed by atoms with van der Waals surface area (Å²) in [7, 11) is 0. The molecule has 0 spiro atoms. The molecule has 0 bridgehead atoms. The number of aryl methyl sites for hydroxylation is 1. The number of benzene rings is 2. The summed E-state index contributed by atoms with van der Waals surface area (Å²) < 4.78 is 5.82. The van der Waals surface area contributed by atoms with Gasteiger partial charge in [-0.3, -0.25) is 0 Å². The summed E-state index contributed by atoms with van der Waals surface area (Å²) in [5, 5.41) is 0. The molecule has 1 aliphatic heterocycles. The Morgan fingerprint density at radius 2 is 2.00 bits per heavy atom. The SMILES string of the molecule is Cc1cccc(OCCN2CCc3ccccc32)c1. The molecule has 1 aliphatic rings. The maximum Gasteiger partial charge on any atom is 0.119 e. The molecule has 2 aromatic rings. The van der Waals surface area contributed by atoms with Crippen LogP contribution in [0.25, 0.3) is 0 Å². The monoisotopic (exact) mass is 253 g/mol. The zero-order chi connectivity index (χ0) is 13.1. The minimum absolute atomic E-state index is 0.734. The van der Waals surface area contributed by atoms with Crippen LogP contribution in [0.2, 0.25) is 0 Å². The average Bonchev–Trinajstić information content (AvgIpc) is 2.83. The summed E-state index contributed by atoms with van der Waals surface area (Å²) in [6.45, 7) is 4.88. The minimum Gasteiger partial charge on any atom is -0.492 e. The number of rotatable bonds is 4.